The molecule has 2 aromatic carbocycles. The maximum atomic E-state index is 13.6. The Morgan fingerprint density at radius 3 is 2.81 bits per heavy atom. The summed E-state index contributed by atoms with van der Waals surface area (Å²) in [6.45, 7) is 0.0566. The number of para-hydroxylation sites is 1. The van der Waals surface area contributed by atoms with Gasteiger partial charge in [-0.2, -0.15) is 0 Å². The van der Waals surface area contributed by atoms with E-state index in [4.69, 9.17) is 9.47 Å². The van der Waals surface area contributed by atoms with Gasteiger partial charge in [-0.3, -0.25) is 14.5 Å². The number of hydrogen-bond donors (Lipinski definition) is 1. The van der Waals surface area contributed by atoms with Crippen LogP contribution in [0.15, 0.2) is 47.4 Å². The van der Waals surface area contributed by atoms with E-state index in [2.05, 4.69) is 5.32 Å². The Labute approximate surface area is 152 Å². The molecule has 0 unspecified atom stereocenters. The smallest absolute Gasteiger partial charge is 0.295 e. The fraction of sp³-hybridized carbons (Fsp3) is 0.111. The highest BCUT2D eigenvalue weighted by atomic mass is 32.2. The van der Waals surface area contributed by atoms with Crippen LogP contribution in [-0.4, -0.2) is 29.5 Å². The number of anilines is 1. The normalized spacial score (nSPS) is 17.3. The van der Waals surface area contributed by atoms with Gasteiger partial charge in [-0.05, 0) is 47.7 Å². The first-order valence-electron chi connectivity index (χ1n) is 7.75. The van der Waals surface area contributed by atoms with Crippen molar-refractivity contribution in [1.82, 2.24) is 4.90 Å². The van der Waals surface area contributed by atoms with E-state index in [1.807, 2.05) is 0 Å². The van der Waals surface area contributed by atoms with Crippen LogP contribution in [0, 0.1) is 5.82 Å². The van der Waals surface area contributed by atoms with E-state index in [-0.39, 0.29) is 19.1 Å². The molecule has 4 rings (SSSR count). The molecule has 1 saturated heterocycles. The average molecular weight is 372 g/mol. The van der Waals surface area contributed by atoms with Crippen LogP contribution in [0.25, 0.3) is 6.08 Å². The summed E-state index contributed by atoms with van der Waals surface area (Å²) in [6.07, 6.45) is 1.62. The van der Waals surface area contributed by atoms with Gasteiger partial charge in [0.25, 0.3) is 11.1 Å². The first-order valence-corrected chi connectivity index (χ1v) is 8.57. The predicted molar refractivity (Wildman–Crippen MR) is 95.3 cm³/mol. The molecule has 0 saturated carbocycles. The molecule has 26 heavy (non-hydrogen) atoms. The summed E-state index contributed by atoms with van der Waals surface area (Å²) in [5, 5.41) is 2.36. The first-order chi connectivity index (χ1) is 12.6. The number of amides is 2. The van der Waals surface area contributed by atoms with Gasteiger partial charge < -0.3 is 14.8 Å². The lowest BCUT2D eigenvalue weighted by Crippen LogP contribution is -2.33. The Hall–Kier alpha value is -3.00. The number of ether oxygens (including phenoxy) is 2. The number of thioether (sulfide) groups is 1. The number of nitrogens with zero attached hydrogens (tertiary/aromatic N) is 1. The van der Waals surface area contributed by atoms with Gasteiger partial charge in [0.05, 0.1) is 17.3 Å². The van der Waals surface area contributed by atoms with Crippen LogP contribution in [0.4, 0.5) is 14.9 Å². The third-order valence-electron chi connectivity index (χ3n) is 3.87. The maximum Gasteiger partial charge on any atom is 0.295 e. The molecule has 0 atom stereocenters. The average Bonchev–Trinajstić information content (AvgIpc) is 3.19. The van der Waals surface area contributed by atoms with Crippen LogP contribution >= 0.6 is 11.8 Å². The molecule has 0 bridgehead atoms. The summed E-state index contributed by atoms with van der Waals surface area (Å²) in [5.41, 5.74) is 0.952. The molecule has 6 nitrogen and oxygen atoms in total. The second kappa shape index (κ2) is 6.72. The van der Waals surface area contributed by atoms with Gasteiger partial charge in [-0.15, -0.1) is 0 Å². The standard InChI is InChI=1S/C18H13FN2O4S/c19-12-3-1-2-4-13(12)20-9-21-17(22)16(26-18(21)23)8-11-5-6-14-15(7-11)25-10-24-14/h1-8,20H,9-10H2/b16-8-. The van der Waals surface area contributed by atoms with E-state index in [1.165, 1.54) is 12.1 Å². The van der Waals surface area contributed by atoms with Gasteiger partial charge in [0.15, 0.2) is 11.5 Å². The van der Waals surface area contributed by atoms with E-state index in [1.54, 1.807) is 36.4 Å². The van der Waals surface area contributed by atoms with E-state index in [0.717, 1.165) is 22.2 Å². The van der Waals surface area contributed by atoms with Gasteiger partial charge in [0.2, 0.25) is 6.79 Å². The molecule has 8 heteroatoms. The number of benzene rings is 2. The third kappa shape index (κ3) is 3.11. The van der Waals surface area contributed by atoms with Crippen molar-refractivity contribution in [2.24, 2.45) is 0 Å². The zero-order valence-corrected chi connectivity index (χ0v) is 14.2. The molecule has 1 fully saturated rings. The van der Waals surface area contributed by atoms with Crippen molar-refractivity contribution in [2.75, 3.05) is 18.8 Å². The first kappa shape index (κ1) is 16.5. The summed E-state index contributed by atoms with van der Waals surface area (Å²) < 4.78 is 24.2. The number of halogens is 1. The van der Waals surface area contributed by atoms with Crippen LogP contribution in [0.1, 0.15) is 5.56 Å². The topological polar surface area (TPSA) is 67.9 Å². The fourth-order valence-corrected chi connectivity index (χ4v) is 3.40. The number of rotatable bonds is 4. The van der Waals surface area contributed by atoms with Gasteiger partial charge >= 0.3 is 0 Å². The zero-order chi connectivity index (χ0) is 18.1. The van der Waals surface area contributed by atoms with E-state index in [0.29, 0.717) is 16.4 Å². The molecule has 1 N–H and O–H groups in total. The quantitative estimate of drug-likeness (QED) is 0.826. The van der Waals surface area contributed by atoms with E-state index >= 15 is 0 Å². The number of nitrogens with one attached hydrogen (secondary N) is 1. The zero-order valence-electron chi connectivity index (χ0n) is 13.4. The van der Waals surface area contributed by atoms with Crippen LogP contribution in [0.5, 0.6) is 11.5 Å². The van der Waals surface area contributed by atoms with Gasteiger partial charge in [-0.1, -0.05) is 18.2 Å². The van der Waals surface area contributed by atoms with Gasteiger partial charge in [-0.25, -0.2) is 4.39 Å². The van der Waals surface area contributed by atoms with Crippen molar-refractivity contribution in [3.8, 4) is 11.5 Å². The van der Waals surface area contributed by atoms with Gasteiger partial charge in [0.1, 0.15) is 5.82 Å². The molecule has 2 aliphatic heterocycles. The third-order valence-corrected chi connectivity index (χ3v) is 4.78. The molecule has 0 aromatic heterocycles. The van der Waals surface area contributed by atoms with Crippen LogP contribution in [0.2, 0.25) is 0 Å². The SMILES string of the molecule is O=C1S/C(=C\c2ccc3c(c2)OCO3)C(=O)N1CNc1ccccc1F. The summed E-state index contributed by atoms with van der Waals surface area (Å²) in [4.78, 5) is 25.9. The highest BCUT2D eigenvalue weighted by Crippen LogP contribution is 2.36. The Kier molecular flexibility index (Phi) is 4.26. The lowest BCUT2D eigenvalue weighted by Gasteiger charge is -2.14. The summed E-state index contributed by atoms with van der Waals surface area (Å²) in [7, 11) is 0. The fourth-order valence-electron chi connectivity index (χ4n) is 2.56. The van der Waals surface area contributed by atoms with Crippen molar-refractivity contribution in [1.29, 1.82) is 0 Å². The molecular weight excluding hydrogens is 359 g/mol. The van der Waals surface area contributed by atoms with E-state index < -0.39 is 17.0 Å². The van der Waals surface area contributed by atoms with Crippen molar-refractivity contribution in [3.63, 3.8) is 0 Å². The highest BCUT2D eigenvalue weighted by Gasteiger charge is 2.35. The summed E-state index contributed by atoms with van der Waals surface area (Å²) in [5.74, 6) is 0.361. The Bertz CT molecular complexity index is 931. The Morgan fingerprint density at radius 2 is 1.96 bits per heavy atom. The molecule has 2 aromatic rings. The molecular formula is C18H13FN2O4S. The number of carbonyl (C=O) groups excluding carboxylic acids is 2. The van der Waals surface area contributed by atoms with Crippen molar-refractivity contribution >= 4 is 34.7 Å². The lowest BCUT2D eigenvalue weighted by molar-refractivity contribution is -0.122. The van der Waals surface area contributed by atoms with Crippen molar-refractivity contribution < 1.29 is 23.5 Å². The second-order valence-corrected chi connectivity index (χ2v) is 6.53. The Balaban J connectivity index is 1.49. The molecule has 2 heterocycles. The summed E-state index contributed by atoms with van der Waals surface area (Å²) >= 11 is 0.842. The maximum absolute atomic E-state index is 13.6. The largest absolute Gasteiger partial charge is 0.454 e. The predicted octanol–water partition coefficient (Wildman–Crippen LogP) is 3.66. The highest BCUT2D eigenvalue weighted by molar-refractivity contribution is 8.18. The monoisotopic (exact) mass is 372 g/mol. The number of hydrogen-bond acceptors (Lipinski definition) is 6. The van der Waals surface area contributed by atoms with Crippen molar-refractivity contribution in [2.45, 2.75) is 0 Å². The number of imide groups is 1. The molecule has 2 amide bonds. The molecule has 0 radical (unpaired) electrons. The number of fused-ring (bicyclic) bond motifs is 1. The van der Waals surface area contributed by atoms with E-state index in [9.17, 15) is 14.0 Å². The van der Waals surface area contributed by atoms with Crippen LogP contribution in [0.3, 0.4) is 0 Å². The molecule has 2 aliphatic rings. The minimum absolute atomic E-state index is 0.107. The minimum atomic E-state index is -0.449. The van der Waals surface area contributed by atoms with Gasteiger partial charge in [0, 0.05) is 0 Å². The second-order valence-electron chi connectivity index (χ2n) is 5.54. The van der Waals surface area contributed by atoms with Crippen LogP contribution in [-0.2, 0) is 4.79 Å². The number of carbonyl (C=O) groups is 2. The molecule has 0 aliphatic carbocycles. The summed E-state index contributed by atoms with van der Waals surface area (Å²) in [6, 6.07) is 11.3. The van der Waals surface area contributed by atoms with Crippen LogP contribution < -0.4 is 14.8 Å². The minimum Gasteiger partial charge on any atom is -0.454 e. The molecule has 132 valence electrons. The lowest BCUT2D eigenvalue weighted by atomic mass is 10.2. The molecule has 0 spiro atoms. The van der Waals surface area contributed by atoms with Crippen molar-refractivity contribution in [3.05, 3.63) is 58.8 Å². The Morgan fingerprint density at radius 1 is 1.15 bits per heavy atom.